The molecule has 5 heteroatoms. The van der Waals surface area contributed by atoms with Gasteiger partial charge < -0.3 is 14.9 Å². The second-order valence-electron chi connectivity index (χ2n) is 5.54. The summed E-state index contributed by atoms with van der Waals surface area (Å²) in [5.41, 5.74) is 1.20. The number of phenols is 2. The van der Waals surface area contributed by atoms with Gasteiger partial charge >= 0.3 is 5.97 Å². The van der Waals surface area contributed by atoms with Crippen LogP contribution in [0.2, 0.25) is 0 Å². The number of hydrogen-bond donors (Lipinski definition) is 2. The van der Waals surface area contributed by atoms with E-state index in [0.717, 1.165) is 5.56 Å². The molecule has 0 bridgehead atoms. The topological polar surface area (TPSA) is 90.6 Å². The number of phenolic OH excluding ortho intramolecular Hbond substituents is 2. The second-order valence-corrected chi connectivity index (χ2v) is 5.54. The van der Waals surface area contributed by atoms with E-state index in [9.17, 15) is 20.3 Å². The highest BCUT2D eigenvalue weighted by molar-refractivity contribution is 5.98. The van der Waals surface area contributed by atoms with Gasteiger partial charge in [0, 0.05) is 0 Å². The number of carbonyl (C=O) groups is 1. The monoisotopic (exact) mass is 349 g/mol. The Labute approximate surface area is 152 Å². The van der Waals surface area contributed by atoms with Crippen molar-refractivity contribution in [3.63, 3.8) is 0 Å². The van der Waals surface area contributed by atoms with Crippen molar-refractivity contribution in [3.05, 3.63) is 71.3 Å². The van der Waals surface area contributed by atoms with Crippen LogP contribution in [0.3, 0.4) is 0 Å². The van der Waals surface area contributed by atoms with Gasteiger partial charge in [0.25, 0.3) is 0 Å². The molecule has 0 saturated carbocycles. The first-order valence-corrected chi connectivity index (χ1v) is 8.11. The summed E-state index contributed by atoms with van der Waals surface area (Å²) >= 11 is 0. The van der Waals surface area contributed by atoms with Gasteiger partial charge in [-0.15, -0.1) is 0 Å². The summed E-state index contributed by atoms with van der Waals surface area (Å²) in [7, 11) is 0. The Bertz CT molecular complexity index is 863. The first kappa shape index (κ1) is 18.8. The molecule has 5 nitrogen and oxygen atoms in total. The van der Waals surface area contributed by atoms with Crippen molar-refractivity contribution >= 4 is 18.1 Å². The molecule has 0 radical (unpaired) electrons. The molecule has 1 unspecified atom stereocenters. The summed E-state index contributed by atoms with van der Waals surface area (Å²) < 4.78 is 5.37. The van der Waals surface area contributed by atoms with E-state index in [0.29, 0.717) is 12.0 Å². The third-order valence-electron chi connectivity index (χ3n) is 3.61. The highest BCUT2D eigenvalue weighted by Gasteiger charge is 2.15. The van der Waals surface area contributed by atoms with Crippen molar-refractivity contribution < 1.29 is 19.7 Å². The fraction of sp³-hybridized carbons (Fsp3) is 0.143. The minimum absolute atomic E-state index is 0.193. The van der Waals surface area contributed by atoms with Crippen LogP contribution in [-0.2, 0) is 9.53 Å². The van der Waals surface area contributed by atoms with E-state index in [4.69, 9.17) is 4.74 Å². The average molecular weight is 349 g/mol. The number of nitriles is 1. The van der Waals surface area contributed by atoms with E-state index in [1.807, 2.05) is 43.3 Å². The number of nitrogens with zero attached hydrogens (tertiary/aromatic N) is 1. The van der Waals surface area contributed by atoms with E-state index in [2.05, 4.69) is 0 Å². The van der Waals surface area contributed by atoms with Crippen molar-refractivity contribution in [3.8, 4) is 17.6 Å². The summed E-state index contributed by atoms with van der Waals surface area (Å²) in [5, 5.41) is 28.0. The lowest BCUT2D eigenvalue weighted by Gasteiger charge is -2.12. The fourth-order valence-corrected chi connectivity index (χ4v) is 2.18. The summed E-state index contributed by atoms with van der Waals surface area (Å²) in [6.45, 7) is 1.88. The van der Waals surface area contributed by atoms with Gasteiger partial charge in [-0.25, -0.2) is 4.79 Å². The molecule has 1 atom stereocenters. The van der Waals surface area contributed by atoms with Crippen molar-refractivity contribution in [1.82, 2.24) is 0 Å². The molecule has 0 fully saturated rings. The van der Waals surface area contributed by atoms with E-state index in [-0.39, 0.29) is 17.1 Å². The van der Waals surface area contributed by atoms with Gasteiger partial charge in [-0.05, 0) is 41.8 Å². The first-order valence-electron chi connectivity index (χ1n) is 8.11. The van der Waals surface area contributed by atoms with Crippen molar-refractivity contribution in [2.24, 2.45) is 0 Å². The predicted molar refractivity (Wildman–Crippen MR) is 99.0 cm³/mol. The van der Waals surface area contributed by atoms with Gasteiger partial charge in [-0.1, -0.05) is 49.4 Å². The molecule has 26 heavy (non-hydrogen) atoms. The maximum absolute atomic E-state index is 12.3. The zero-order valence-electron chi connectivity index (χ0n) is 14.3. The smallest absolute Gasteiger partial charge is 0.349 e. The quantitative estimate of drug-likeness (QED) is 0.355. The fourth-order valence-electron chi connectivity index (χ4n) is 2.18. The van der Waals surface area contributed by atoms with Gasteiger partial charge in [0.15, 0.2) is 11.5 Å². The normalized spacial score (nSPS) is 12.5. The molecule has 2 rings (SSSR count). The minimum atomic E-state index is -0.746. The third-order valence-corrected chi connectivity index (χ3v) is 3.61. The van der Waals surface area contributed by atoms with Crippen LogP contribution < -0.4 is 0 Å². The lowest BCUT2D eigenvalue weighted by Crippen LogP contribution is -2.16. The van der Waals surface area contributed by atoms with Crippen molar-refractivity contribution in [2.75, 3.05) is 0 Å². The number of hydrogen-bond acceptors (Lipinski definition) is 5. The zero-order valence-corrected chi connectivity index (χ0v) is 14.3. The molecule has 0 aromatic heterocycles. The molecule has 2 N–H and O–H groups in total. The number of ether oxygens (including phenoxy) is 1. The zero-order chi connectivity index (χ0) is 18.9. The maximum Gasteiger partial charge on any atom is 0.349 e. The lowest BCUT2D eigenvalue weighted by atomic mass is 10.1. The average Bonchev–Trinajstić information content (AvgIpc) is 2.66. The molecule has 0 aliphatic rings. The number of carbonyl (C=O) groups excluding carboxylic acids is 1. The van der Waals surface area contributed by atoms with Gasteiger partial charge in [-0.3, -0.25) is 0 Å². The number of aromatic hydroxyl groups is 2. The molecule has 132 valence electrons. The van der Waals surface area contributed by atoms with Crippen LogP contribution in [0.4, 0.5) is 0 Å². The Balaban J connectivity index is 2.11. The summed E-state index contributed by atoms with van der Waals surface area (Å²) in [5.74, 6) is -1.36. The van der Waals surface area contributed by atoms with Crippen molar-refractivity contribution in [1.29, 1.82) is 5.26 Å². The molecule has 0 saturated heterocycles. The largest absolute Gasteiger partial charge is 0.504 e. The Morgan fingerprint density at radius 2 is 1.88 bits per heavy atom. The van der Waals surface area contributed by atoms with Gasteiger partial charge in [0.1, 0.15) is 17.7 Å². The molecule has 0 amide bonds. The molecular weight excluding hydrogens is 330 g/mol. The summed E-state index contributed by atoms with van der Waals surface area (Å²) in [4.78, 5) is 12.3. The van der Waals surface area contributed by atoms with Crippen LogP contribution in [0.5, 0.6) is 11.5 Å². The third kappa shape index (κ3) is 5.25. The van der Waals surface area contributed by atoms with Crippen LogP contribution in [0.1, 0.15) is 24.5 Å². The Morgan fingerprint density at radius 3 is 2.50 bits per heavy atom. The standard InChI is InChI=1S/C21H19NO4/c1-2-18(10-8-15-6-4-3-5-7-15)26-21(25)17(14-22)12-16-9-11-19(23)20(24)13-16/h3-13,18,23-24H,2H2,1H3/b10-8+,17-12+. The summed E-state index contributed by atoms with van der Waals surface area (Å²) in [6.07, 6.45) is 5.03. The number of esters is 1. The van der Waals surface area contributed by atoms with E-state index in [1.54, 1.807) is 12.1 Å². The Hall–Kier alpha value is -3.52. The molecule has 0 aliphatic heterocycles. The van der Waals surface area contributed by atoms with E-state index >= 15 is 0 Å². The Morgan fingerprint density at radius 1 is 1.15 bits per heavy atom. The summed E-state index contributed by atoms with van der Waals surface area (Å²) in [6, 6.07) is 15.4. The maximum atomic E-state index is 12.3. The van der Waals surface area contributed by atoms with Crippen LogP contribution in [0, 0.1) is 11.3 Å². The van der Waals surface area contributed by atoms with Crippen LogP contribution in [0.15, 0.2) is 60.2 Å². The number of rotatable bonds is 6. The predicted octanol–water partition coefficient (Wildman–Crippen LogP) is 4.04. The second kappa shape index (κ2) is 9.09. The molecule has 0 aliphatic carbocycles. The van der Waals surface area contributed by atoms with Gasteiger partial charge in [0.05, 0.1) is 0 Å². The number of benzene rings is 2. The highest BCUT2D eigenvalue weighted by atomic mass is 16.5. The van der Waals surface area contributed by atoms with Crippen LogP contribution >= 0.6 is 0 Å². The van der Waals surface area contributed by atoms with Crippen LogP contribution in [0.25, 0.3) is 12.2 Å². The van der Waals surface area contributed by atoms with Crippen molar-refractivity contribution in [2.45, 2.75) is 19.4 Å². The SMILES string of the molecule is CCC(/C=C/c1ccccc1)OC(=O)/C(C#N)=C/c1ccc(O)c(O)c1. The van der Waals surface area contributed by atoms with E-state index in [1.165, 1.54) is 24.3 Å². The molecular formula is C21H19NO4. The highest BCUT2D eigenvalue weighted by Crippen LogP contribution is 2.26. The molecule has 2 aromatic rings. The van der Waals surface area contributed by atoms with E-state index < -0.39 is 12.1 Å². The van der Waals surface area contributed by atoms with Crippen LogP contribution in [-0.4, -0.2) is 22.3 Å². The van der Waals surface area contributed by atoms with Gasteiger partial charge in [-0.2, -0.15) is 5.26 Å². The minimum Gasteiger partial charge on any atom is -0.504 e. The Kier molecular flexibility index (Phi) is 6.58. The van der Waals surface area contributed by atoms with Gasteiger partial charge in [0.2, 0.25) is 0 Å². The molecule has 2 aromatic carbocycles. The molecule has 0 spiro atoms. The lowest BCUT2D eigenvalue weighted by molar-refractivity contribution is -0.141. The molecule has 0 heterocycles. The first-order chi connectivity index (χ1) is 12.5.